The van der Waals surface area contributed by atoms with E-state index in [1.807, 2.05) is 6.92 Å². The van der Waals surface area contributed by atoms with Crippen LogP contribution in [0, 0.1) is 26.2 Å². The summed E-state index contributed by atoms with van der Waals surface area (Å²) in [5, 5.41) is 7.50. The van der Waals surface area contributed by atoms with Crippen molar-refractivity contribution in [1.82, 2.24) is 19.4 Å². The summed E-state index contributed by atoms with van der Waals surface area (Å²) < 4.78 is 27.8. The number of terminal acetylenes is 1. The number of likely N-dealkylation sites (N-methyl/N-ethyl adjacent to an activating group) is 1. The minimum Gasteiger partial charge on any atom is -0.315 e. The summed E-state index contributed by atoms with van der Waals surface area (Å²) in [7, 11) is -2.11. The Hall–Kier alpha value is -1.36. The third-order valence-electron chi connectivity index (χ3n) is 3.05. The van der Waals surface area contributed by atoms with Gasteiger partial charge >= 0.3 is 0 Å². The molecule has 0 aliphatic rings. The second-order valence-electron chi connectivity index (χ2n) is 4.54. The Morgan fingerprint density at radius 1 is 1.45 bits per heavy atom. The average Bonchev–Trinajstić information content (AvgIpc) is 2.65. The molecular formula is C13H22N4O2S. The zero-order valence-corrected chi connectivity index (χ0v) is 13.3. The van der Waals surface area contributed by atoms with E-state index >= 15 is 0 Å². The zero-order valence-electron chi connectivity index (χ0n) is 12.5. The minimum atomic E-state index is -3.59. The maximum atomic E-state index is 12.5. The molecule has 0 aliphatic carbocycles. The molecule has 0 amide bonds. The fourth-order valence-electron chi connectivity index (χ4n) is 2.00. The number of nitrogens with one attached hydrogen (secondary N) is 1. The number of hydrogen-bond donors (Lipinski definition) is 1. The molecule has 6 nitrogen and oxygen atoms in total. The van der Waals surface area contributed by atoms with E-state index in [1.165, 1.54) is 11.4 Å². The molecule has 20 heavy (non-hydrogen) atoms. The molecule has 112 valence electrons. The molecular weight excluding hydrogens is 276 g/mol. The lowest BCUT2D eigenvalue weighted by Gasteiger charge is -2.14. The lowest BCUT2D eigenvalue weighted by Crippen LogP contribution is -2.28. The first-order valence-corrected chi connectivity index (χ1v) is 7.94. The molecule has 1 aromatic rings. The van der Waals surface area contributed by atoms with Crippen LogP contribution in [0.15, 0.2) is 4.90 Å². The Morgan fingerprint density at radius 2 is 2.10 bits per heavy atom. The highest BCUT2D eigenvalue weighted by atomic mass is 32.2. The van der Waals surface area contributed by atoms with Crippen molar-refractivity contribution >= 4 is 10.0 Å². The third-order valence-corrected chi connectivity index (χ3v) is 5.10. The fourth-order valence-corrected chi connectivity index (χ4v) is 3.45. The van der Waals surface area contributed by atoms with Gasteiger partial charge in [0.05, 0.1) is 24.5 Å². The predicted molar refractivity (Wildman–Crippen MR) is 78.9 cm³/mol. The number of nitrogens with zero attached hydrogens (tertiary/aromatic N) is 3. The number of aromatic nitrogens is 2. The molecule has 0 aromatic carbocycles. The number of hydrogen-bond acceptors (Lipinski definition) is 4. The van der Waals surface area contributed by atoms with E-state index in [2.05, 4.69) is 16.3 Å². The van der Waals surface area contributed by atoms with Crippen LogP contribution in [-0.4, -0.2) is 49.2 Å². The van der Waals surface area contributed by atoms with E-state index in [1.54, 1.807) is 18.5 Å². The predicted octanol–water partition coefficient (Wildman–Crippen LogP) is 0.363. The summed E-state index contributed by atoms with van der Waals surface area (Å²) in [5.41, 5.74) is 1.15. The normalized spacial score (nSPS) is 11.8. The van der Waals surface area contributed by atoms with Crippen molar-refractivity contribution in [3.05, 3.63) is 11.4 Å². The standard InChI is InChI=1S/C13H22N4O2S/c1-6-9-16(5)20(18,19)13-11(3)15-17(12(13)4)10-8-14-7-2/h1,14H,7-10H2,2-5H3. The summed E-state index contributed by atoms with van der Waals surface area (Å²) in [6.45, 7) is 7.79. The van der Waals surface area contributed by atoms with E-state index < -0.39 is 10.0 Å². The number of sulfonamides is 1. The van der Waals surface area contributed by atoms with Crippen LogP contribution in [0.5, 0.6) is 0 Å². The highest BCUT2D eigenvalue weighted by molar-refractivity contribution is 7.89. The van der Waals surface area contributed by atoms with Gasteiger partial charge in [-0.15, -0.1) is 6.42 Å². The highest BCUT2D eigenvalue weighted by Gasteiger charge is 2.28. The van der Waals surface area contributed by atoms with Gasteiger partial charge in [0.15, 0.2) is 0 Å². The molecule has 0 bridgehead atoms. The summed E-state index contributed by atoms with van der Waals surface area (Å²) in [5.74, 6) is 2.34. The average molecular weight is 298 g/mol. The summed E-state index contributed by atoms with van der Waals surface area (Å²) in [6, 6.07) is 0. The third kappa shape index (κ3) is 3.39. The fraction of sp³-hybridized carbons (Fsp3) is 0.615. The molecule has 0 fully saturated rings. The molecule has 1 aromatic heterocycles. The lowest BCUT2D eigenvalue weighted by molar-refractivity contribution is 0.501. The second kappa shape index (κ2) is 6.88. The molecule has 1 rings (SSSR count). The first-order chi connectivity index (χ1) is 9.36. The quantitative estimate of drug-likeness (QED) is 0.583. The number of aryl methyl sites for hydroxylation is 1. The SMILES string of the molecule is C#CCN(C)S(=O)(=O)c1c(C)nn(CCNCC)c1C. The molecule has 0 unspecified atom stereocenters. The molecule has 0 saturated carbocycles. The van der Waals surface area contributed by atoms with Gasteiger partial charge in [0.25, 0.3) is 0 Å². The van der Waals surface area contributed by atoms with E-state index in [9.17, 15) is 8.42 Å². The van der Waals surface area contributed by atoms with Crippen molar-refractivity contribution in [2.75, 3.05) is 26.7 Å². The molecule has 0 aliphatic heterocycles. The van der Waals surface area contributed by atoms with E-state index in [0.717, 1.165) is 13.1 Å². The van der Waals surface area contributed by atoms with Gasteiger partial charge in [-0.3, -0.25) is 4.68 Å². The highest BCUT2D eigenvalue weighted by Crippen LogP contribution is 2.22. The van der Waals surface area contributed by atoms with E-state index in [4.69, 9.17) is 6.42 Å². The van der Waals surface area contributed by atoms with Crippen LogP contribution >= 0.6 is 0 Å². The van der Waals surface area contributed by atoms with Crippen LogP contribution in [0.2, 0.25) is 0 Å². The molecule has 0 saturated heterocycles. The molecule has 0 atom stereocenters. The van der Waals surface area contributed by atoms with Crippen LogP contribution in [0.4, 0.5) is 0 Å². The Bertz CT molecular complexity index is 599. The zero-order chi connectivity index (χ0) is 15.3. The van der Waals surface area contributed by atoms with Crippen molar-refractivity contribution in [3.63, 3.8) is 0 Å². The van der Waals surface area contributed by atoms with Gasteiger partial charge in [-0.1, -0.05) is 12.8 Å². The minimum absolute atomic E-state index is 0.0454. The second-order valence-corrected chi connectivity index (χ2v) is 6.52. The van der Waals surface area contributed by atoms with Gasteiger partial charge in [0.1, 0.15) is 4.90 Å². The van der Waals surface area contributed by atoms with Gasteiger partial charge in [-0.2, -0.15) is 9.40 Å². The van der Waals surface area contributed by atoms with Crippen LogP contribution in [0.3, 0.4) is 0 Å². The van der Waals surface area contributed by atoms with Gasteiger partial charge in [-0.25, -0.2) is 8.42 Å². The smallest absolute Gasteiger partial charge is 0.247 e. The van der Waals surface area contributed by atoms with Crippen LogP contribution in [-0.2, 0) is 16.6 Å². The van der Waals surface area contributed by atoms with Crippen molar-refractivity contribution in [1.29, 1.82) is 0 Å². The van der Waals surface area contributed by atoms with Crippen LogP contribution < -0.4 is 5.32 Å². The van der Waals surface area contributed by atoms with E-state index in [-0.39, 0.29) is 11.4 Å². The Balaban J connectivity index is 3.11. The van der Waals surface area contributed by atoms with Gasteiger partial charge in [0.2, 0.25) is 10.0 Å². The maximum Gasteiger partial charge on any atom is 0.247 e. The largest absolute Gasteiger partial charge is 0.315 e. The Morgan fingerprint density at radius 3 is 2.65 bits per heavy atom. The maximum absolute atomic E-state index is 12.5. The molecule has 0 radical (unpaired) electrons. The van der Waals surface area contributed by atoms with Crippen molar-refractivity contribution < 1.29 is 8.42 Å². The summed E-state index contributed by atoms with van der Waals surface area (Å²) in [6.07, 6.45) is 5.18. The monoisotopic (exact) mass is 298 g/mol. The Kier molecular flexibility index (Phi) is 5.74. The lowest BCUT2D eigenvalue weighted by atomic mass is 10.4. The topological polar surface area (TPSA) is 67.2 Å². The molecule has 1 heterocycles. The number of rotatable bonds is 7. The summed E-state index contributed by atoms with van der Waals surface area (Å²) >= 11 is 0. The van der Waals surface area contributed by atoms with Gasteiger partial charge in [-0.05, 0) is 20.4 Å². The van der Waals surface area contributed by atoms with Crippen molar-refractivity contribution in [2.45, 2.75) is 32.2 Å². The van der Waals surface area contributed by atoms with Crippen molar-refractivity contribution in [3.8, 4) is 12.3 Å². The molecule has 1 N–H and O–H groups in total. The summed E-state index contributed by atoms with van der Waals surface area (Å²) in [4.78, 5) is 0.256. The first kappa shape index (κ1) is 16.7. The van der Waals surface area contributed by atoms with Gasteiger partial charge < -0.3 is 5.32 Å². The molecule has 0 spiro atoms. The van der Waals surface area contributed by atoms with Gasteiger partial charge in [0, 0.05) is 13.6 Å². The van der Waals surface area contributed by atoms with Crippen molar-refractivity contribution in [2.24, 2.45) is 0 Å². The Labute approximate surface area is 121 Å². The van der Waals surface area contributed by atoms with Crippen LogP contribution in [0.1, 0.15) is 18.3 Å². The van der Waals surface area contributed by atoms with Crippen LogP contribution in [0.25, 0.3) is 0 Å². The molecule has 7 heteroatoms. The first-order valence-electron chi connectivity index (χ1n) is 6.50. The van der Waals surface area contributed by atoms with E-state index in [0.29, 0.717) is 17.9 Å².